The van der Waals surface area contributed by atoms with Gasteiger partial charge in [-0.15, -0.1) is 0 Å². The van der Waals surface area contributed by atoms with Crippen LogP contribution in [0.4, 0.5) is 23.2 Å². The number of alkyl halides is 3. The van der Waals surface area contributed by atoms with Gasteiger partial charge in [-0.05, 0) is 49.3 Å². The largest absolute Gasteiger partial charge is 0.417 e. The van der Waals surface area contributed by atoms with Gasteiger partial charge in [0.2, 0.25) is 0 Å². The van der Waals surface area contributed by atoms with E-state index >= 15 is 0 Å². The maximum Gasteiger partial charge on any atom is 0.417 e. The molecule has 2 aromatic carbocycles. The summed E-state index contributed by atoms with van der Waals surface area (Å²) in [6.07, 6.45) is -5.08. The Bertz CT molecular complexity index is 1260. The predicted molar refractivity (Wildman–Crippen MR) is 93.9 cm³/mol. The molecule has 0 bridgehead atoms. The summed E-state index contributed by atoms with van der Waals surface area (Å²) >= 11 is 0. The number of carbonyl (C=O) groups excluding carboxylic acids is 1. The van der Waals surface area contributed by atoms with Gasteiger partial charge in [-0.25, -0.2) is 12.8 Å². The van der Waals surface area contributed by atoms with Crippen molar-refractivity contribution in [3.05, 3.63) is 59.4 Å². The first kappa shape index (κ1) is 15.9. The number of nitriles is 1. The molecular weight excluding hydrogens is 416 g/mol. The van der Waals surface area contributed by atoms with Crippen molar-refractivity contribution in [2.45, 2.75) is 23.5 Å². The summed E-state index contributed by atoms with van der Waals surface area (Å²) < 4.78 is 116. The molecule has 2 aromatic rings. The molecule has 0 aliphatic rings. The van der Waals surface area contributed by atoms with Crippen LogP contribution in [0, 0.1) is 17.1 Å². The van der Waals surface area contributed by atoms with Gasteiger partial charge in [0, 0.05) is 12.5 Å². The molecule has 1 atom stereocenters. The minimum absolute atomic E-state index is 0.223. The molecule has 0 aromatic heterocycles. The first-order valence-electron chi connectivity index (χ1n) is 9.96. The number of halogens is 4. The SMILES string of the molecule is [2H]C([2H])([2H])[C@@](O)(C(=O)Nc1ccc(C#N)c(C(F)(F)F)c1)C([2H])([2H])S(=O)(=O)c1ccc(F)cc1. The van der Waals surface area contributed by atoms with E-state index in [1.54, 1.807) is 5.32 Å². The normalized spacial score (nSPS) is 17.4. The Kier molecular flexibility index (Phi) is 4.28. The maximum absolute atomic E-state index is 13.2. The number of anilines is 1. The van der Waals surface area contributed by atoms with E-state index < -0.39 is 67.6 Å². The molecule has 0 saturated carbocycles. The number of rotatable bonds is 5. The number of nitrogens with one attached hydrogen (secondary N) is 1. The van der Waals surface area contributed by atoms with E-state index in [4.69, 9.17) is 12.1 Å². The molecule has 0 aliphatic carbocycles. The maximum atomic E-state index is 13.2. The fourth-order valence-corrected chi connectivity index (χ4v) is 3.18. The second kappa shape index (κ2) is 7.81. The van der Waals surface area contributed by atoms with Crippen molar-refractivity contribution >= 4 is 21.4 Å². The second-order valence-electron chi connectivity index (χ2n) is 5.59. The highest BCUT2D eigenvalue weighted by Gasteiger charge is 2.38. The third-order valence-electron chi connectivity index (χ3n) is 3.44. The zero-order chi connectivity index (χ0) is 26.3. The lowest BCUT2D eigenvalue weighted by Crippen LogP contribution is -2.45. The van der Waals surface area contributed by atoms with Gasteiger partial charge in [-0.1, -0.05) is 0 Å². The lowest BCUT2D eigenvalue weighted by atomic mass is 10.1. The molecule has 0 aliphatic heterocycles. The smallest absolute Gasteiger partial charge is 0.379 e. The quantitative estimate of drug-likeness (QED) is 0.555. The van der Waals surface area contributed by atoms with Gasteiger partial charge < -0.3 is 10.4 Å². The predicted octanol–water partition coefficient (Wildman–Crippen LogP) is 2.88. The van der Waals surface area contributed by atoms with E-state index in [9.17, 15) is 35.9 Å². The molecule has 0 unspecified atom stereocenters. The number of hydrogen-bond acceptors (Lipinski definition) is 5. The molecule has 0 saturated heterocycles. The van der Waals surface area contributed by atoms with Crippen LogP contribution in [0.15, 0.2) is 47.4 Å². The van der Waals surface area contributed by atoms with Gasteiger partial charge >= 0.3 is 6.18 Å². The van der Waals surface area contributed by atoms with Gasteiger partial charge in [0.1, 0.15) is 5.82 Å². The van der Waals surface area contributed by atoms with E-state index in [0.29, 0.717) is 30.3 Å². The van der Waals surface area contributed by atoms with Gasteiger partial charge in [0.15, 0.2) is 15.4 Å². The van der Waals surface area contributed by atoms with Crippen molar-refractivity contribution in [1.82, 2.24) is 0 Å². The molecule has 0 heterocycles. The van der Waals surface area contributed by atoms with Gasteiger partial charge in [-0.3, -0.25) is 4.79 Å². The van der Waals surface area contributed by atoms with E-state index in [0.717, 1.165) is 6.07 Å². The minimum atomic E-state index is -5.50. The van der Waals surface area contributed by atoms with E-state index in [1.807, 2.05) is 0 Å². The van der Waals surface area contributed by atoms with Crippen LogP contribution in [-0.4, -0.2) is 30.7 Å². The molecule has 154 valence electrons. The van der Waals surface area contributed by atoms with Crippen LogP contribution < -0.4 is 5.32 Å². The minimum Gasteiger partial charge on any atom is -0.379 e. The Morgan fingerprint density at radius 1 is 1.28 bits per heavy atom. The molecule has 11 heteroatoms. The zero-order valence-corrected chi connectivity index (χ0v) is 14.9. The first-order chi connectivity index (χ1) is 15.3. The van der Waals surface area contributed by atoms with E-state index in [1.165, 1.54) is 6.07 Å². The molecule has 6 nitrogen and oxygen atoms in total. The van der Waals surface area contributed by atoms with Gasteiger partial charge in [0.05, 0.1) is 27.8 Å². The molecule has 0 radical (unpaired) electrons. The summed E-state index contributed by atoms with van der Waals surface area (Å²) in [7, 11) is -5.50. The number of sulfone groups is 1. The average molecular weight is 435 g/mol. The van der Waals surface area contributed by atoms with Crippen LogP contribution >= 0.6 is 0 Å². The van der Waals surface area contributed by atoms with Crippen molar-refractivity contribution in [3.8, 4) is 6.07 Å². The second-order valence-corrected chi connectivity index (χ2v) is 7.28. The molecule has 29 heavy (non-hydrogen) atoms. The number of carbonyl (C=O) groups is 1. The van der Waals surface area contributed by atoms with Crippen LogP contribution in [0.1, 0.15) is 24.8 Å². The van der Waals surface area contributed by atoms with Crippen molar-refractivity contribution in [3.63, 3.8) is 0 Å². The summed E-state index contributed by atoms with van der Waals surface area (Å²) in [6, 6.07) is 5.18. The average Bonchev–Trinajstić information content (AvgIpc) is 2.71. The Morgan fingerprint density at radius 2 is 1.90 bits per heavy atom. The highest BCUT2D eigenvalue weighted by Crippen LogP contribution is 2.33. The third kappa shape index (κ3) is 5.30. The molecule has 0 spiro atoms. The first-order valence-corrected chi connectivity index (χ1v) is 8.94. The van der Waals surface area contributed by atoms with Crippen molar-refractivity contribution < 1.29 is 42.7 Å². The summed E-state index contributed by atoms with van der Waals surface area (Å²) in [6.45, 7) is -4.06. The number of benzene rings is 2. The molecule has 2 rings (SSSR count). The Hall–Kier alpha value is -2.97. The van der Waals surface area contributed by atoms with Gasteiger partial charge in [-0.2, -0.15) is 18.4 Å². The number of aliphatic hydroxyl groups is 1. The number of hydrogen-bond donors (Lipinski definition) is 2. The van der Waals surface area contributed by atoms with Crippen molar-refractivity contribution in [2.75, 3.05) is 11.0 Å². The van der Waals surface area contributed by atoms with Crippen LogP contribution in [0.25, 0.3) is 0 Å². The highest BCUT2D eigenvalue weighted by atomic mass is 32.2. The molecule has 2 N–H and O–H groups in total. The Morgan fingerprint density at radius 3 is 2.41 bits per heavy atom. The fraction of sp³-hybridized carbons (Fsp3) is 0.222. The Labute approximate surface area is 170 Å². The third-order valence-corrected chi connectivity index (χ3v) is 4.89. The summed E-state index contributed by atoms with van der Waals surface area (Å²) in [5.74, 6) is -3.13. The highest BCUT2D eigenvalue weighted by molar-refractivity contribution is 7.91. The van der Waals surface area contributed by atoms with Crippen molar-refractivity contribution in [1.29, 1.82) is 5.26 Å². The fourth-order valence-electron chi connectivity index (χ4n) is 2.09. The lowest BCUT2D eigenvalue weighted by Gasteiger charge is -2.22. The summed E-state index contributed by atoms with van der Waals surface area (Å²) in [5.41, 5.74) is -11.8. The van der Waals surface area contributed by atoms with Crippen LogP contribution in [0.5, 0.6) is 0 Å². The van der Waals surface area contributed by atoms with Crippen LogP contribution in [0.2, 0.25) is 0 Å². The van der Waals surface area contributed by atoms with E-state index in [2.05, 4.69) is 0 Å². The van der Waals surface area contributed by atoms with Crippen molar-refractivity contribution in [2.24, 2.45) is 0 Å². The summed E-state index contributed by atoms with van der Waals surface area (Å²) in [5, 5.41) is 21.1. The lowest BCUT2D eigenvalue weighted by molar-refractivity contribution is -0.137. The monoisotopic (exact) mass is 435 g/mol. The summed E-state index contributed by atoms with van der Waals surface area (Å²) in [4.78, 5) is 11.8. The molecule has 1 amide bonds. The Balaban J connectivity index is 2.63. The molecular formula is C18H14F4N2O4S. The standard InChI is InChI=1S/C18H14F4N2O4S/c1-17(26,10-29(27,28)14-6-3-12(19)4-7-14)16(25)24-13-5-2-11(9-23)15(8-13)18(20,21)22/h2-8,26H,10H2,1H3,(H,24,25)/t17-/m0/s1/i1D3,10D2. The van der Waals surface area contributed by atoms with E-state index in [-0.39, 0.29) is 6.07 Å². The molecule has 0 fully saturated rings. The van der Waals surface area contributed by atoms with Crippen LogP contribution in [0.3, 0.4) is 0 Å². The van der Waals surface area contributed by atoms with Crippen LogP contribution in [-0.2, 0) is 20.8 Å². The van der Waals surface area contributed by atoms with Gasteiger partial charge in [0.25, 0.3) is 5.91 Å². The number of amides is 1. The zero-order valence-electron chi connectivity index (χ0n) is 19.1. The number of nitrogens with zero attached hydrogens (tertiary/aromatic N) is 1. The topological polar surface area (TPSA) is 107 Å².